The van der Waals surface area contributed by atoms with Crippen molar-refractivity contribution in [1.29, 1.82) is 0 Å². The van der Waals surface area contributed by atoms with E-state index >= 15 is 0 Å². The molecule has 2 nitrogen and oxygen atoms in total. The topological polar surface area (TPSA) is 30.0 Å². The molecule has 1 atom stereocenters. The summed E-state index contributed by atoms with van der Waals surface area (Å²) in [6, 6.07) is 11.3. The Morgan fingerprint density at radius 2 is 1.88 bits per heavy atom. The van der Waals surface area contributed by atoms with Gasteiger partial charge in [0.15, 0.2) is 6.29 Å². The fraction of sp³-hybridized carbons (Fsp3) is 0.167. The zero-order chi connectivity index (χ0) is 11.1. The highest BCUT2D eigenvalue weighted by molar-refractivity contribution is 14.0. The van der Waals surface area contributed by atoms with Gasteiger partial charge in [-0.2, -0.15) is 0 Å². The van der Waals surface area contributed by atoms with E-state index in [1.165, 1.54) is 6.16 Å². The molecule has 0 saturated carbocycles. The average molecular weight is 347 g/mol. The van der Waals surface area contributed by atoms with Crippen LogP contribution in [0.4, 0.5) is 0 Å². The molecule has 1 unspecified atom stereocenters. The van der Waals surface area contributed by atoms with Gasteiger partial charge in [-0.05, 0) is 18.3 Å². The molecule has 1 heterocycles. The number of hydrogen-bond donors (Lipinski definition) is 0. The molecule has 2 aromatic rings. The Morgan fingerprint density at radius 3 is 2.50 bits per heavy atom. The summed E-state index contributed by atoms with van der Waals surface area (Å²) in [4.78, 5) is 14.5. The van der Waals surface area contributed by atoms with E-state index in [1.807, 2.05) is 30.3 Å². The molecule has 16 heavy (non-hydrogen) atoms. The lowest BCUT2D eigenvalue weighted by molar-refractivity contribution is 0.111. The number of rotatable bonds is 1. The maximum Gasteiger partial charge on any atom is 0.168 e. The van der Waals surface area contributed by atoms with E-state index in [0.29, 0.717) is 5.69 Å². The fourth-order valence-electron chi connectivity index (χ4n) is 1.15. The largest absolute Gasteiger partial charge is 0.296 e. The number of pyridine rings is 1. The van der Waals surface area contributed by atoms with Crippen LogP contribution in [0.3, 0.4) is 0 Å². The molecule has 86 valence electrons. The van der Waals surface area contributed by atoms with E-state index in [-0.39, 0.29) is 24.0 Å². The molecular formula is C12H15INOP. The fourth-order valence-corrected chi connectivity index (χ4v) is 1.15. The number of hydrogen-bond acceptors (Lipinski definition) is 2. The van der Waals surface area contributed by atoms with Gasteiger partial charge < -0.3 is 0 Å². The number of carbonyl (C=O) groups excluding carboxylic acids is 1. The average Bonchev–Trinajstić information content (AvgIpc) is 2.29. The van der Waals surface area contributed by atoms with Crippen LogP contribution in [0, 0.1) is 0 Å². The number of aromatic nitrogens is 1. The van der Waals surface area contributed by atoms with Gasteiger partial charge in [-0.1, -0.05) is 31.2 Å². The summed E-state index contributed by atoms with van der Waals surface area (Å²) < 4.78 is 0. The van der Waals surface area contributed by atoms with Crippen LogP contribution in [0.5, 0.6) is 0 Å². The lowest BCUT2D eigenvalue weighted by Gasteiger charge is -1.95. The summed E-state index contributed by atoms with van der Waals surface area (Å²) in [5.41, 5.74) is 1.34. The number of fused-ring (bicyclic) bond motifs is 1. The molecule has 1 aromatic carbocycles. The lowest BCUT2D eigenvalue weighted by Crippen LogP contribution is -1.85. The maximum atomic E-state index is 10.4. The molecule has 0 aliphatic rings. The Morgan fingerprint density at radius 1 is 1.25 bits per heavy atom. The van der Waals surface area contributed by atoms with Crippen LogP contribution in [0.2, 0.25) is 0 Å². The van der Waals surface area contributed by atoms with Crippen LogP contribution >= 0.6 is 33.2 Å². The summed E-state index contributed by atoms with van der Waals surface area (Å²) in [5.74, 6) is 0. The van der Waals surface area contributed by atoms with Crippen molar-refractivity contribution >= 4 is 50.4 Å². The molecule has 0 aliphatic heterocycles. The van der Waals surface area contributed by atoms with Crippen LogP contribution in [-0.4, -0.2) is 17.4 Å². The van der Waals surface area contributed by atoms with Crippen molar-refractivity contribution in [2.45, 2.75) is 6.92 Å². The number of nitrogens with zero attached hydrogens (tertiary/aromatic N) is 1. The molecule has 0 aliphatic carbocycles. The minimum atomic E-state index is 0. The monoisotopic (exact) mass is 347 g/mol. The van der Waals surface area contributed by atoms with Gasteiger partial charge in [0.05, 0.1) is 5.52 Å². The first-order valence-electron chi connectivity index (χ1n) is 4.82. The van der Waals surface area contributed by atoms with Gasteiger partial charge in [0, 0.05) is 5.39 Å². The molecule has 0 radical (unpaired) electrons. The summed E-state index contributed by atoms with van der Waals surface area (Å²) in [5, 5.41) is 1.06. The van der Waals surface area contributed by atoms with Gasteiger partial charge in [-0.15, -0.1) is 33.2 Å². The molecule has 1 aromatic heterocycles. The van der Waals surface area contributed by atoms with Crippen molar-refractivity contribution in [2.24, 2.45) is 0 Å². The summed E-state index contributed by atoms with van der Waals surface area (Å²) in [7, 11) is 2.58. The zero-order valence-electron chi connectivity index (χ0n) is 9.09. The Kier molecular flexibility index (Phi) is 8.30. The highest BCUT2D eigenvalue weighted by atomic mass is 127. The van der Waals surface area contributed by atoms with E-state index in [4.69, 9.17) is 0 Å². The predicted octanol–water partition coefficient (Wildman–Crippen LogP) is 3.55. The molecule has 0 bridgehead atoms. The number of benzene rings is 1. The van der Waals surface area contributed by atoms with E-state index in [9.17, 15) is 4.79 Å². The minimum absolute atomic E-state index is 0. The summed E-state index contributed by atoms with van der Waals surface area (Å²) in [6.07, 6.45) is 1.92. The van der Waals surface area contributed by atoms with Crippen molar-refractivity contribution in [1.82, 2.24) is 4.98 Å². The second kappa shape index (κ2) is 8.59. The highest BCUT2D eigenvalue weighted by Gasteiger charge is 1.94. The van der Waals surface area contributed by atoms with Crippen LogP contribution in [0.15, 0.2) is 36.4 Å². The van der Waals surface area contributed by atoms with Crippen LogP contribution in [-0.2, 0) is 0 Å². The molecule has 4 heteroatoms. The van der Waals surface area contributed by atoms with Crippen molar-refractivity contribution in [3.05, 3.63) is 42.1 Å². The van der Waals surface area contributed by atoms with Gasteiger partial charge >= 0.3 is 0 Å². The first kappa shape index (κ1) is 15.5. The van der Waals surface area contributed by atoms with Crippen molar-refractivity contribution in [3.63, 3.8) is 0 Å². The second-order valence-corrected chi connectivity index (χ2v) is 3.77. The quantitative estimate of drug-likeness (QED) is 0.449. The van der Waals surface area contributed by atoms with E-state index in [2.05, 4.69) is 21.1 Å². The molecular weight excluding hydrogens is 332 g/mol. The molecule has 0 saturated heterocycles. The maximum absolute atomic E-state index is 10.4. The SMILES string of the molecule is CCP.I.O=Cc1ccc2ccccc2n1. The first-order valence-corrected chi connectivity index (χ1v) is 5.64. The standard InChI is InChI=1S/C10H7NO.C2H7P.HI/c12-7-9-6-5-8-3-1-2-4-10(8)11-9;1-2-3;/h1-7H;2-3H2,1H3;1H. The second-order valence-electron chi connectivity index (χ2n) is 2.95. The Labute approximate surface area is 115 Å². The van der Waals surface area contributed by atoms with Crippen LogP contribution in [0.1, 0.15) is 17.4 Å². The Hall–Kier alpha value is -0.540. The van der Waals surface area contributed by atoms with Gasteiger partial charge in [0.25, 0.3) is 0 Å². The molecule has 0 spiro atoms. The molecule has 0 amide bonds. The van der Waals surface area contributed by atoms with E-state index < -0.39 is 0 Å². The van der Waals surface area contributed by atoms with Gasteiger partial charge in [-0.25, -0.2) is 4.98 Å². The Balaban J connectivity index is 0.000000511. The third kappa shape index (κ3) is 4.54. The highest BCUT2D eigenvalue weighted by Crippen LogP contribution is 2.10. The zero-order valence-corrected chi connectivity index (χ0v) is 12.6. The number of carbonyl (C=O) groups is 1. The van der Waals surface area contributed by atoms with E-state index in [0.717, 1.165) is 17.2 Å². The molecule has 2 rings (SSSR count). The first-order chi connectivity index (χ1) is 7.31. The van der Waals surface area contributed by atoms with Crippen molar-refractivity contribution in [2.75, 3.05) is 6.16 Å². The van der Waals surface area contributed by atoms with Crippen LogP contribution in [0.25, 0.3) is 10.9 Å². The summed E-state index contributed by atoms with van der Waals surface area (Å²) >= 11 is 0. The third-order valence-electron chi connectivity index (χ3n) is 1.74. The van der Waals surface area contributed by atoms with Gasteiger partial charge in [0.2, 0.25) is 0 Å². The van der Waals surface area contributed by atoms with Gasteiger partial charge in [-0.3, -0.25) is 4.79 Å². The summed E-state index contributed by atoms with van der Waals surface area (Å²) in [6.45, 7) is 2.09. The number of halogens is 1. The minimum Gasteiger partial charge on any atom is -0.296 e. The van der Waals surface area contributed by atoms with Crippen molar-refractivity contribution < 1.29 is 4.79 Å². The molecule has 0 fully saturated rings. The van der Waals surface area contributed by atoms with Crippen molar-refractivity contribution in [3.8, 4) is 0 Å². The van der Waals surface area contributed by atoms with E-state index in [1.54, 1.807) is 6.07 Å². The molecule has 0 N–H and O–H groups in total. The normalized spacial score (nSPS) is 8.62. The number of para-hydroxylation sites is 1. The smallest absolute Gasteiger partial charge is 0.168 e. The van der Waals surface area contributed by atoms with Gasteiger partial charge in [0.1, 0.15) is 5.69 Å². The predicted molar refractivity (Wildman–Crippen MR) is 82.8 cm³/mol. The lowest BCUT2D eigenvalue weighted by atomic mass is 10.2. The third-order valence-corrected chi connectivity index (χ3v) is 1.74. The Bertz CT molecular complexity index is 448. The van der Waals surface area contributed by atoms with Crippen LogP contribution < -0.4 is 0 Å². The number of aldehydes is 1.